The summed E-state index contributed by atoms with van der Waals surface area (Å²) in [6.07, 6.45) is 9.36. The van der Waals surface area contributed by atoms with E-state index in [1.165, 1.54) is 32.1 Å². The Bertz CT molecular complexity index is 591. The molecule has 24 heavy (non-hydrogen) atoms. The Kier molecular flexibility index (Phi) is 5.54. The maximum atomic E-state index is 12.5. The molecule has 2 aliphatic carbocycles. The smallest absolute Gasteiger partial charge is 0.251 e. The minimum atomic E-state index is -0.0311. The number of carbonyl (C=O) groups excluding carboxylic acids is 2. The van der Waals surface area contributed by atoms with Gasteiger partial charge in [0.25, 0.3) is 5.91 Å². The molecule has 1 aromatic carbocycles. The van der Waals surface area contributed by atoms with Crippen molar-refractivity contribution < 1.29 is 9.59 Å². The van der Waals surface area contributed by atoms with E-state index < -0.39 is 0 Å². The molecule has 3 rings (SSSR count). The van der Waals surface area contributed by atoms with Crippen LogP contribution in [0.1, 0.15) is 68.6 Å². The minimum Gasteiger partial charge on any atom is -0.349 e. The van der Waals surface area contributed by atoms with Crippen LogP contribution >= 0.6 is 0 Å². The molecule has 0 heterocycles. The van der Waals surface area contributed by atoms with E-state index in [0.717, 1.165) is 19.3 Å². The fourth-order valence-electron chi connectivity index (χ4n) is 3.53. The van der Waals surface area contributed by atoms with Gasteiger partial charge in [-0.05, 0) is 43.4 Å². The Hall–Kier alpha value is -1.84. The maximum absolute atomic E-state index is 12.5. The fourth-order valence-corrected chi connectivity index (χ4v) is 3.53. The van der Waals surface area contributed by atoms with Crippen LogP contribution in [0.5, 0.6) is 0 Å². The van der Waals surface area contributed by atoms with E-state index in [2.05, 4.69) is 17.6 Å². The topological polar surface area (TPSA) is 58.2 Å². The van der Waals surface area contributed by atoms with Gasteiger partial charge in [0.05, 0.1) is 0 Å². The Morgan fingerprint density at radius 3 is 2.38 bits per heavy atom. The predicted molar refractivity (Wildman–Crippen MR) is 95.9 cm³/mol. The number of benzene rings is 1. The van der Waals surface area contributed by atoms with E-state index in [9.17, 15) is 9.59 Å². The molecule has 0 radical (unpaired) electrons. The maximum Gasteiger partial charge on any atom is 0.251 e. The zero-order valence-corrected chi connectivity index (χ0v) is 14.5. The summed E-state index contributed by atoms with van der Waals surface area (Å²) in [4.78, 5) is 24.6. The highest BCUT2D eigenvalue weighted by Crippen LogP contribution is 2.38. The first kappa shape index (κ1) is 17.0. The second kappa shape index (κ2) is 7.82. The molecule has 0 aromatic heterocycles. The largest absolute Gasteiger partial charge is 0.349 e. The molecule has 1 aromatic rings. The average Bonchev–Trinajstić information content (AvgIpc) is 3.27. The van der Waals surface area contributed by atoms with Gasteiger partial charge in [-0.2, -0.15) is 0 Å². The van der Waals surface area contributed by atoms with Crippen molar-refractivity contribution >= 4 is 17.5 Å². The van der Waals surface area contributed by atoms with Gasteiger partial charge in [-0.3, -0.25) is 9.59 Å². The van der Waals surface area contributed by atoms with Crippen molar-refractivity contribution in [2.45, 2.75) is 64.3 Å². The monoisotopic (exact) mass is 328 g/mol. The number of hydrogen-bond acceptors (Lipinski definition) is 2. The minimum absolute atomic E-state index is 0.0311. The lowest BCUT2D eigenvalue weighted by Gasteiger charge is -2.21. The molecule has 4 heteroatoms. The van der Waals surface area contributed by atoms with Crippen LogP contribution < -0.4 is 10.6 Å². The molecule has 2 unspecified atom stereocenters. The van der Waals surface area contributed by atoms with Crippen molar-refractivity contribution in [1.82, 2.24) is 5.32 Å². The molecule has 0 saturated heterocycles. The third-order valence-electron chi connectivity index (χ3n) is 5.28. The molecular formula is C20H28N2O2. The van der Waals surface area contributed by atoms with Gasteiger partial charge in [0.1, 0.15) is 0 Å². The Labute approximate surface area is 144 Å². The molecule has 130 valence electrons. The Balaban J connectivity index is 1.57. The zero-order chi connectivity index (χ0) is 16.9. The van der Waals surface area contributed by atoms with Crippen molar-refractivity contribution in [2.75, 3.05) is 5.32 Å². The molecule has 0 spiro atoms. The number of hydrogen-bond donors (Lipinski definition) is 2. The molecule has 0 aliphatic heterocycles. The van der Waals surface area contributed by atoms with Crippen molar-refractivity contribution in [3.05, 3.63) is 29.8 Å². The fraction of sp³-hybridized carbons (Fsp3) is 0.600. The van der Waals surface area contributed by atoms with Gasteiger partial charge in [0, 0.05) is 23.2 Å². The summed E-state index contributed by atoms with van der Waals surface area (Å²) in [5, 5.41) is 6.11. The normalized spacial score (nSPS) is 24.5. The molecule has 2 N–H and O–H groups in total. The summed E-state index contributed by atoms with van der Waals surface area (Å²) in [7, 11) is 0. The van der Waals surface area contributed by atoms with Crippen LogP contribution in [0.4, 0.5) is 5.69 Å². The number of nitrogens with one attached hydrogen (secondary N) is 2. The van der Waals surface area contributed by atoms with E-state index >= 15 is 0 Å². The van der Waals surface area contributed by atoms with E-state index in [-0.39, 0.29) is 23.8 Å². The summed E-state index contributed by atoms with van der Waals surface area (Å²) in [5.74, 6) is 0.657. The van der Waals surface area contributed by atoms with Gasteiger partial charge in [-0.15, -0.1) is 0 Å². The molecule has 2 amide bonds. The van der Waals surface area contributed by atoms with E-state index in [1.54, 1.807) is 6.07 Å². The number of rotatable bonds is 4. The first-order valence-corrected chi connectivity index (χ1v) is 9.35. The van der Waals surface area contributed by atoms with Crippen molar-refractivity contribution in [3.8, 4) is 0 Å². The summed E-state index contributed by atoms with van der Waals surface area (Å²) < 4.78 is 0. The highest BCUT2D eigenvalue weighted by molar-refractivity contribution is 5.98. The first-order chi connectivity index (χ1) is 11.6. The summed E-state index contributed by atoms with van der Waals surface area (Å²) >= 11 is 0. The quantitative estimate of drug-likeness (QED) is 0.873. The molecular weight excluding hydrogens is 300 g/mol. The average molecular weight is 328 g/mol. The third-order valence-corrected chi connectivity index (χ3v) is 5.28. The first-order valence-electron chi connectivity index (χ1n) is 9.35. The van der Waals surface area contributed by atoms with E-state index in [4.69, 9.17) is 0 Å². The van der Waals surface area contributed by atoms with Crippen LogP contribution in [0.3, 0.4) is 0 Å². The van der Waals surface area contributed by atoms with E-state index in [1.807, 2.05) is 18.2 Å². The van der Waals surface area contributed by atoms with Crippen LogP contribution in [0, 0.1) is 11.8 Å². The van der Waals surface area contributed by atoms with Crippen LogP contribution in [0.2, 0.25) is 0 Å². The third kappa shape index (κ3) is 4.59. The van der Waals surface area contributed by atoms with Crippen LogP contribution in [0.25, 0.3) is 0 Å². The van der Waals surface area contributed by atoms with Crippen LogP contribution in [0.15, 0.2) is 24.3 Å². The molecule has 2 aliphatic rings. The van der Waals surface area contributed by atoms with Gasteiger partial charge >= 0.3 is 0 Å². The standard InChI is InChI=1S/C20H28N2O2/c1-14-12-18(14)20(24)22-17-11-7-8-15(13-17)19(23)21-16-9-5-3-2-4-6-10-16/h7-8,11,13-14,16,18H,2-6,9-10,12H2,1H3,(H,21,23)(H,22,24). The summed E-state index contributed by atoms with van der Waals surface area (Å²) in [6.45, 7) is 2.09. The SMILES string of the molecule is CC1CC1C(=O)Nc1cccc(C(=O)NC2CCCCCCC2)c1. The van der Waals surface area contributed by atoms with Crippen LogP contribution in [-0.4, -0.2) is 17.9 Å². The predicted octanol–water partition coefficient (Wildman–Crippen LogP) is 4.12. The Morgan fingerprint density at radius 2 is 1.71 bits per heavy atom. The molecule has 2 fully saturated rings. The van der Waals surface area contributed by atoms with Gasteiger partial charge in [0.2, 0.25) is 5.91 Å². The number of anilines is 1. The number of carbonyl (C=O) groups is 2. The van der Waals surface area contributed by atoms with Gasteiger partial charge in [0.15, 0.2) is 0 Å². The highest BCUT2D eigenvalue weighted by Gasteiger charge is 2.39. The molecule has 4 nitrogen and oxygen atoms in total. The summed E-state index contributed by atoms with van der Waals surface area (Å²) in [6, 6.07) is 7.55. The second-order valence-electron chi connectivity index (χ2n) is 7.41. The Morgan fingerprint density at radius 1 is 1.04 bits per heavy atom. The molecule has 0 bridgehead atoms. The van der Waals surface area contributed by atoms with Crippen LogP contribution in [-0.2, 0) is 4.79 Å². The second-order valence-corrected chi connectivity index (χ2v) is 7.41. The van der Waals surface area contributed by atoms with Gasteiger partial charge in [-0.25, -0.2) is 0 Å². The zero-order valence-electron chi connectivity index (χ0n) is 14.5. The van der Waals surface area contributed by atoms with Crippen molar-refractivity contribution in [1.29, 1.82) is 0 Å². The lowest BCUT2D eigenvalue weighted by molar-refractivity contribution is -0.117. The van der Waals surface area contributed by atoms with E-state index in [0.29, 0.717) is 17.2 Å². The van der Waals surface area contributed by atoms with Crippen molar-refractivity contribution in [3.63, 3.8) is 0 Å². The highest BCUT2D eigenvalue weighted by atomic mass is 16.2. The van der Waals surface area contributed by atoms with Crippen molar-refractivity contribution in [2.24, 2.45) is 11.8 Å². The lowest BCUT2D eigenvalue weighted by Crippen LogP contribution is -2.35. The molecule has 2 saturated carbocycles. The lowest BCUT2D eigenvalue weighted by atomic mass is 9.96. The van der Waals surface area contributed by atoms with Gasteiger partial charge < -0.3 is 10.6 Å². The molecule has 2 atom stereocenters. The number of amides is 2. The summed E-state index contributed by atoms with van der Waals surface area (Å²) in [5.41, 5.74) is 1.34. The van der Waals surface area contributed by atoms with Gasteiger partial charge in [-0.1, -0.05) is 45.1 Å².